The van der Waals surface area contributed by atoms with Gasteiger partial charge in [0.1, 0.15) is 0 Å². The van der Waals surface area contributed by atoms with E-state index < -0.39 is 5.91 Å². The van der Waals surface area contributed by atoms with Gasteiger partial charge >= 0.3 is 0 Å². The number of hydrogen-bond acceptors (Lipinski definition) is 3. The molecule has 0 aliphatic rings. The van der Waals surface area contributed by atoms with Crippen LogP contribution in [0.4, 0.5) is 0 Å². The molecular weight excluding hydrogens is 172 g/mol. The Morgan fingerprint density at radius 3 is 2.54 bits per heavy atom. The lowest BCUT2D eigenvalue weighted by Gasteiger charge is -1.96. The molecule has 0 fully saturated rings. The van der Waals surface area contributed by atoms with Gasteiger partial charge in [0, 0.05) is 6.54 Å². The maximum Gasteiger partial charge on any atom is 0.287 e. The predicted molar refractivity (Wildman–Crippen MR) is 45.2 cm³/mol. The average molecular weight is 182 g/mol. The Morgan fingerprint density at radius 1 is 1.46 bits per heavy atom. The molecule has 5 nitrogen and oxygen atoms in total. The van der Waals surface area contributed by atoms with Gasteiger partial charge in [-0.1, -0.05) is 0 Å². The van der Waals surface area contributed by atoms with E-state index in [0.29, 0.717) is 6.54 Å². The van der Waals surface area contributed by atoms with Crippen LogP contribution in [0.3, 0.4) is 0 Å². The number of hydrogen-bond donors (Lipinski definition) is 2. The van der Waals surface area contributed by atoms with E-state index in [0.717, 1.165) is 0 Å². The van der Waals surface area contributed by atoms with Gasteiger partial charge in [0.25, 0.3) is 11.8 Å². The molecular formula is C8H10N2O3. The third kappa shape index (κ3) is 2.08. The summed E-state index contributed by atoms with van der Waals surface area (Å²) < 4.78 is 4.87. The molecule has 2 amide bonds. The molecule has 0 saturated carbocycles. The average Bonchev–Trinajstić information content (AvgIpc) is 2.52. The molecule has 0 aliphatic heterocycles. The van der Waals surface area contributed by atoms with Gasteiger partial charge in [0.15, 0.2) is 11.5 Å². The van der Waals surface area contributed by atoms with Gasteiger partial charge in [-0.2, -0.15) is 0 Å². The highest BCUT2D eigenvalue weighted by atomic mass is 16.4. The maximum absolute atomic E-state index is 11.1. The van der Waals surface area contributed by atoms with Crippen molar-refractivity contribution in [2.45, 2.75) is 6.92 Å². The molecule has 3 N–H and O–H groups in total. The van der Waals surface area contributed by atoms with Crippen molar-refractivity contribution < 1.29 is 14.0 Å². The Labute approximate surface area is 74.9 Å². The van der Waals surface area contributed by atoms with E-state index >= 15 is 0 Å². The van der Waals surface area contributed by atoms with E-state index in [1.807, 2.05) is 0 Å². The lowest BCUT2D eigenvalue weighted by Crippen LogP contribution is -2.22. The van der Waals surface area contributed by atoms with Crippen molar-refractivity contribution in [1.29, 1.82) is 0 Å². The third-order valence-electron chi connectivity index (χ3n) is 1.41. The Kier molecular flexibility index (Phi) is 2.69. The first-order chi connectivity index (χ1) is 6.15. The molecule has 0 saturated heterocycles. The third-order valence-corrected chi connectivity index (χ3v) is 1.41. The Hall–Kier alpha value is -1.78. The number of carbonyl (C=O) groups excluding carboxylic acids is 2. The van der Waals surface area contributed by atoms with Crippen LogP contribution in [-0.4, -0.2) is 18.4 Å². The van der Waals surface area contributed by atoms with Gasteiger partial charge < -0.3 is 15.5 Å². The minimum Gasteiger partial charge on any atom is -0.446 e. The van der Waals surface area contributed by atoms with E-state index in [4.69, 9.17) is 10.2 Å². The first kappa shape index (κ1) is 9.31. The summed E-state index contributed by atoms with van der Waals surface area (Å²) in [5, 5.41) is 2.53. The molecule has 0 unspecified atom stereocenters. The standard InChI is InChI=1S/C8H10N2O3/c1-2-10-8(12)6-4-3-5(13-6)7(9)11/h3-4H,2H2,1H3,(H2,9,11)(H,10,12). The van der Waals surface area contributed by atoms with Crippen molar-refractivity contribution in [2.75, 3.05) is 6.54 Å². The van der Waals surface area contributed by atoms with Crippen LogP contribution in [-0.2, 0) is 0 Å². The summed E-state index contributed by atoms with van der Waals surface area (Å²) in [7, 11) is 0. The summed E-state index contributed by atoms with van der Waals surface area (Å²) in [6.07, 6.45) is 0. The number of furan rings is 1. The van der Waals surface area contributed by atoms with Gasteiger partial charge in [-0.05, 0) is 19.1 Å². The summed E-state index contributed by atoms with van der Waals surface area (Å²) in [5.74, 6) is -0.956. The molecule has 1 heterocycles. The van der Waals surface area contributed by atoms with E-state index in [-0.39, 0.29) is 17.4 Å². The van der Waals surface area contributed by atoms with E-state index in [9.17, 15) is 9.59 Å². The van der Waals surface area contributed by atoms with Gasteiger partial charge in [0.05, 0.1) is 0 Å². The molecule has 5 heteroatoms. The summed E-state index contributed by atoms with van der Waals surface area (Å²) in [5.41, 5.74) is 4.94. The Balaban J connectivity index is 2.79. The summed E-state index contributed by atoms with van der Waals surface area (Å²) in [4.78, 5) is 21.7. The first-order valence-electron chi connectivity index (χ1n) is 3.83. The Morgan fingerprint density at radius 2 is 2.08 bits per heavy atom. The number of primary amides is 1. The van der Waals surface area contributed by atoms with Crippen LogP contribution in [0.15, 0.2) is 16.5 Å². The van der Waals surface area contributed by atoms with Gasteiger partial charge in [-0.3, -0.25) is 9.59 Å². The lowest BCUT2D eigenvalue weighted by atomic mass is 10.4. The van der Waals surface area contributed by atoms with Crippen LogP contribution in [0, 0.1) is 0 Å². The molecule has 0 bridgehead atoms. The molecule has 13 heavy (non-hydrogen) atoms. The van der Waals surface area contributed by atoms with Crippen molar-refractivity contribution in [3.8, 4) is 0 Å². The van der Waals surface area contributed by atoms with Gasteiger partial charge in [-0.25, -0.2) is 0 Å². The fourth-order valence-corrected chi connectivity index (χ4v) is 0.840. The number of nitrogens with two attached hydrogens (primary N) is 1. The molecule has 1 aromatic rings. The van der Waals surface area contributed by atoms with Crippen LogP contribution in [0.1, 0.15) is 28.0 Å². The Bertz CT molecular complexity index is 330. The topological polar surface area (TPSA) is 85.3 Å². The minimum absolute atomic E-state index is 0.0127. The summed E-state index contributed by atoms with van der Waals surface area (Å²) in [6, 6.07) is 2.78. The van der Waals surface area contributed by atoms with Crippen LogP contribution in [0.2, 0.25) is 0 Å². The summed E-state index contributed by atoms with van der Waals surface area (Å²) >= 11 is 0. The number of rotatable bonds is 3. The molecule has 70 valence electrons. The zero-order chi connectivity index (χ0) is 9.84. The van der Waals surface area contributed by atoms with E-state index in [1.165, 1.54) is 12.1 Å². The van der Waals surface area contributed by atoms with Crippen molar-refractivity contribution >= 4 is 11.8 Å². The second kappa shape index (κ2) is 3.75. The molecule has 0 atom stereocenters. The number of carbonyl (C=O) groups is 2. The first-order valence-corrected chi connectivity index (χ1v) is 3.83. The molecule has 0 aliphatic carbocycles. The SMILES string of the molecule is CCNC(=O)c1ccc(C(N)=O)o1. The zero-order valence-electron chi connectivity index (χ0n) is 7.16. The van der Waals surface area contributed by atoms with E-state index in [1.54, 1.807) is 6.92 Å². The normalized spacial score (nSPS) is 9.62. The smallest absolute Gasteiger partial charge is 0.287 e. The molecule has 0 radical (unpaired) electrons. The highest BCUT2D eigenvalue weighted by molar-refractivity contribution is 5.94. The fraction of sp³-hybridized carbons (Fsp3) is 0.250. The zero-order valence-corrected chi connectivity index (χ0v) is 7.16. The summed E-state index contributed by atoms with van der Waals surface area (Å²) in [6.45, 7) is 2.29. The fourth-order valence-electron chi connectivity index (χ4n) is 0.840. The second-order valence-electron chi connectivity index (χ2n) is 2.39. The molecule has 0 spiro atoms. The van der Waals surface area contributed by atoms with Crippen molar-refractivity contribution in [3.05, 3.63) is 23.7 Å². The molecule has 0 aromatic carbocycles. The van der Waals surface area contributed by atoms with Crippen molar-refractivity contribution in [2.24, 2.45) is 5.73 Å². The second-order valence-corrected chi connectivity index (χ2v) is 2.39. The number of nitrogens with one attached hydrogen (secondary N) is 1. The van der Waals surface area contributed by atoms with Crippen molar-refractivity contribution in [1.82, 2.24) is 5.32 Å². The van der Waals surface area contributed by atoms with Gasteiger partial charge in [-0.15, -0.1) is 0 Å². The highest BCUT2D eigenvalue weighted by Gasteiger charge is 2.12. The van der Waals surface area contributed by atoms with Crippen LogP contribution < -0.4 is 11.1 Å². The van der Waals surface area contributed by atoms with Crippen LogP contribution in [0.5, 0.6) is 0 Å². The minimum atomic E-state index is -0.685. The lowest BCUT2D eigenvalue weighted by molar-refractivity contribution is 0.0918. The number of amides is 2. The molecule has 1 aromatic heterocycles. The van der Waals surface area contributed by atoms with Crippen LogP contribution in [0.25, 0.3) is 0 Å². The monoisotopic (exact) mass is 182 g/mol. The maximum atomic E-state index is 11.1. The van der Waals surface area contributed by atoms with E-state index in [2.05, 4.69) is 5.32 Å². The molecule has 1 rings (SSSR count). The van der Waals surface area contributed by atoms with Crippen LogP contribution >= 0.6 is 0 Å². The predicted octanol–water partition coefficient (Wildman–Crippen LogP) is 0.128. The van der Waals surface area contributed by atoms with Crippen molar-refractivity contribution in [3.63, 3.8) is 0 Å². The van der Waals surface area contributed by atoms with Gasteiger partial charge in [0.2, 0.25) is 0 Å². The quantitative estimate of drug-likeness (QED) is 0.696. The highest BCUT2D eigenvalue weighted by Crippen LogP contribution is 2.06. The largest absolute Gasteiger partial charge is 0.446 e.